The number of sulfone groups is 1. The number of amides is 2. The molecule has 4 aromatic rings. The molecule has 1 aliphatic heterocycles. The van der Waals surface area contributed by atoms with Crippen molar-refractivity contribution in [2.45, 2.75) is 6.54 Å². The summed E-state index contributed by atoms with van der Waals surface area (Å²) in [7, 11) is 0.151. The predicted octanol–water partition coefficient (Wildman–Crippen LogP) is 2.98. The summed E-state index contributed by atoms with van der Waals surface area (Å²) in [6.07, 6.45) is 3.13. The molecule has 4 heterocycles. The number of benzene rings is 1. The van der Waals surface area contributed by atoms with Crippen molar-refractivity contribution in [1.29, 1.82) is 0 Å². The molecule has 0 radical (unpaired) electrons. The second-order valence-corrected chi connectivity index (χ2v) is 13.2. The highest BCUT2D eigenvalue weighted by Gasteiger charge is 2.21. The molecule has 13 nitrogen and oxygen atoms in total. The average Bonchev–Trinajstić information content (AvgIpc) is 3.00. The number of nitrogens with one attached hydrogen (secondary N) is 3. The molecule has 1 aromatic carbocycles. The van der Waals surface area contributed by atoms with Crippen molar-refractivity contribution in [1.82, 2.24) is 35.1 Å². The van der Waals surface area contributed by atoms with Gasteiger partial charge in [-0.25, -0.2) is 23.2 Å². The van der Waals surface area contributed by atoms with Crippen LogP contribution in [-0.2, 0) is 23.4 Å². The van der Waals surface area contributed by atoms with E-state index < -0.39 is 9.84 Å². The van der Waals surface area contributed by atoms with E-state index in [1.807, 2.05) is 4.90 Å². The van der Waals surface area contributed by atoms with Gasteiger partial charge in [0.1, 0.15) is 12.3 Å². The monoisotopic (exact) mass is 660 g/mol. The Bertz CT molecular complexity index is 1850. The molecule has 5 rings (SSSR count). The van der Waals surface area contributed by atoms with Crippen LogP contribution in [0.2, 0.25) is 10.0 Å². The van der Waals surface area contributed by atoms with Crippen LogP contribution in [0.15, 0.2) is 47.5 Å². The van der Waals surface area contributed by atoms with Crippen molar-refractivity contribution in [2.24, 2.45) is 7.05 Å². The van der Waals surface area contributed by atoms with Crippen molar-refractivity contribution in [2.75, 3.05) is 50.1 Å². The van der Waals surface area contributed by atoms with E-state index in [2.05, 4.69) is 30.9 Å². The number of halogens is 2. The van der Waals surface area contributed by atoms with E-state index in [4.69, 9.17) is 27.9 Å². The minimum Gasteiger partial charge on any atom is -0.476 e. The molecule has 0 spiro atoms. The second kappa shape index (κ2) is 13.3. The highest BCUT2D eigenvalue weighted by molar-refractivity contribution is 7.91. The van der Waals surface area contributed by atoms with Gasteiger partial charge in [-0.2, -0.15) is 4.98 Å². The summed E-state index contributed by atoms with van der Waals surface area (Å²) < 4.78 is 30.7. The number of urea groups is 1. The second-order valence-electron chi connectivity index (χ2n) is 10.1. The lowest BCUT2D eigenvalue weighted by molar-refractivity contribution is 0.213. The molecule has 3 aromatic heterocycles. The van der Waals surface area contributed by atoms with Crippen molar-refractivity contribution >= 4 is 61.7 Å². The Morgan fingerprint density at radius 2 is 1.82 bits per heavy atom. The summed E-state index contributed by atoms with van der Waals surface area (Å²) >= 11 is 12.7. The van der Waals surface area contributed by atoms with E-state index in [0.29, 0.717) is 69.0 Å². The third kappa shape index (κ3) is 7.21. The molecule has 0 saturated carbocycles. The zero-order valence-corrected chi connectivity index (χ0v) is 26.3. The number of pyridine rings is 2. The Morgan fingerprint density at radius 1 is 1.09 bits per heavy atom. The van der Waals surface area contributed by atoms with Gasteiger partial charge in [-0.15, -0.1) is 0 Å². The van der Waals surface area contributed by atoms with E-state index in [1.54, 1.807) is 49.8 Å². The molecule has 3 N–H and O–H groups in total. The van der Waals surface area contributed by atoms with Gasteiger partial charge < -0.3 is 20.7 Å². The number of hydrogen-bond donors (Lipinski definition) is 3. The highest BCUT2D eigenvalue weighted by Crippen LogP contribution is 2.34. The third-order valence-corrected chi connectivity index (χ3v) is 9.35. The number of rotatable bonds is 9. The molecule has 1 saturated heterocycles. The van der Waals surface area contributed by atoms with Gasteiger partial charge in [0.05, 0.1) is 39.0 Å². The molecule has 0 bridgehead atoms. The highest BCUT2D eigenvalue weighted by atomic mass is 35.5. The molecule has 0 aliphatic carbocycles. The Kier molecular flexibility index (Phi) is 9.53. The Morgan fingerprint density at radius 3 is 2.52 bits per heavy atom. The Balaban J connectivity index is 1.36. The number of aryl methyl sites for hydroxylation is 1. The molecule has 2 amide bonds. The van der Waals surface area contributed by atoms with E-state index in [1.165, 1.54) is 11.6 Å². The first-order valence-electron chi connectivity index (χ1n) is 13.6. The van der Waals surface area contributed by atoms with Gasteiger partial charge in [-0.1, -0.05) is 29.3 Å². The minimum absolute atomic E-state index is 0.125. The molecule has 1 fully saturated rings. The molecule has 232 valence electrons. The van der Waals surface area contributed by atoms with Crippen molar-refractivity contribution in [3.8, 4) is 17.0 Å². The normalized spacial score (nSPS) is 14.7. The SMILES string of the molecule is CNC(=O)NCc1cc(Nc2ncc3cc(-c4c(Cl)cccc4Cl)c(=O)n(C)c3n2)cnc1OCCN1CCS(=O)(=O)CC1. The molecule has 0 atom stereocenters. The van der Waals surface area contributed by atoms with Gasteiger partial charge in [0.25, 0.3) is 5.56 Å². The van der Waals surface area contributed by atoms with Crippen LogP contribution in [0.1, 0.15) is 5.56 Å². The molecule has 0 unspecified atom stereocenters. The zero-order chi connectivity index (χ0) is 31.4. The minimum atomic E-state index is -2.97. The summed E-state index contributed by atoms with van der Waals surface area (Å²) in [4.78, 5) is 40.6. The van der Waals surface area contributed by atoms with Crippen LogP contribution in [0.4, 0.5) is 16.4 Å². The Labute approximate surface area is 263 Å². The van der Waals surface area contributed by atoms with Crippen molar-refractivity contribution in [3.63, 3.8) is 0 Å². The lowest BCUT2D eigenvalue weighted by Crippen LogP contribution is -2.42. The quantitative estimate of drug-likeness (QED) is 0.243. The average molecular weight is 662 g/mol. The first-order valence-corrected chi connectivity index (χ1v) is 16.2. The number of ether oxygens (including phenoxy) is 1. The molecular formula is C28H30Cl2N8O5S. The number of nitrogens with zero attached hydrogens (tertiary/aromatic N) is 5. The largest absolute Gasteiger partial charge is 0.476 e. The van der Waals surface area contributed by atoms with Gasteiger partial charge >= 0.3 is 6.03 Å². The van der Waals surface area contributed by atoms with Gasteiger partial charge in [-0.05, 0) is 24.3 Å². The predicted molar refractivity (Wildman–Crippen MR) is 170 cm³/mol. The lowest BCUT2D eigenvalue weighted by atomic mass is 10.1. The fourth-order valence-electron chi connectivity index (χ4n) is 4.70. The van der Waals surface area contributed by atoms with Crippen LogP contribution in [0, 0.1) is 0 Å². The standard InChI is InChI=1S/C28H30Cl2N8O5S/c1-31-28(40)34-15-18-12-19(16-32-25(18)43-9-6-38-7-10-44(41,42)11-8-38)35-27-33-14-17-13-20(26(39)37(2)24(17)36-27)23-21(29)4-3-5-22(23)30/h3-5,12-14,16H,6-11,15H2,1-2H3,(H2,31,34,40)(H,33,35,36). The summed E-state index contributed by atoms with van der Waals surface area (Å²) in [5.41, 5.74) is 1.95. The van der Waals surface area contributed by atoms with Gasteiger partial charge in [0, 0.05) is 63.0 Å². The van der Waals surface area contributed by atoms with Gasteiger partial charge in [0.15, 0.2) is 9.84 Å². The molecule has 1 aliphatic rings. The fraction of sp³-hybridized carbons (Fsp3) is 0.321. The topological polar surface area (TPSA) is 160 Å². The fourth-order valence-corrected chi connectivity index (χ4v) is 6.58. The summed E-state index contributed by atoms with van der Waals surface area (Å²) in [5.74, 6) is 0.810. The van der Waals surface area contributed by atoms with Crippen LogP contribution >= 0.6 is 23.2 Å². The van der Waals surface area contributed by atoms with Crippen LogP contribution in [0.25, 0.3) is 22.2 Å². The first-order chi connectivity index (χ1) is 21.0. The number of fused-ring (bicyclic) bond motifs is 1. The van der Waals surface area contributed by atoms with Crippen molar-refractivity contribution in [3.05, 3.63) is 68.7 Å². The van der Waals surface area contributed by atoms with E-state index in [-0.39, 0.29) is 42.2 Å². The van der Waals surface area contributed by atoms with Crippen LogP contribution < -0.4 is 26.2 Å². The Hall–Kier alpha value is -3.98. The number of aromatic nitrogens is 4. The maximum Gasteiger partial charge on any atom is 0.314 e. The lowest BCUT2D eigenvalue weighted by Gasteiger charge is -2.26. The number of carbonyl (C=O) groups excluding carboxylic acids is 1. The van der Waals surface area contributed by atoms with Crippen LogP contribution in [0.3, 0.4) is 0 Å². The van der Waals surface area contributed by atoms with Crippen LogP contribution in [-0.4, -0.2) is 83.7 Å². The van der Waals surface area contributed by atoms with E-state index in [9.17, 15) is 18.0 Å². The van der Waals surface area contributed by atoms with E-state index >= 15 is 0 Å². The maximum absolute atomic E-state index is 13.3. The number of hydrogen-bond acceptors (Lipinski definition) is 10. The summed E-state index contributed by atoms with van der Waals surface area (Å²) in [5, 5.41) is 9.66. The van der Waals surface area contributed by atoms with E-state index in [0.717, 1.165) is 0 Å². The van der Waals surface area contributed by atoms with Crippen molar-refractivity contribution < 1.29 is 17.9 Å². The first kappa shape index (κ1) is 31.4. The summed E-state index contributed by atoms with van der Waals surface area (Å²) in [6.45, 7) is 1.86. The summed E-state index contributed by atoms with van der Waals surface area (Å²) in [6, 6.07) is 8.08. The number of carbonyl (C=O) groups is 1. The van der Waals surface area contributed by atoms with Gasteiger partial charge in [-0.3, -0.25) is 14.3 Å². The zero-order valence-electron chi connectivity index (χ0n) is 23.9. The molecule has 44 heavy (non-hydrogen) atoms. The number of anilines is 2. The van der Waals surface area contributed by atoms with Crippen LogP contribution in [0.5, 0.6) is 5.88 Å². The third-order valence-electron chi connectivity index (χ3n) is 7.11. The smallest absolute Gasteiger partial charge is 0.314 e. The maximum atomic E-state index is 13.3. The molecular weight excluding hydrogens is 631 g/mol. The molecule has 16 heteroatoms. The van der Waals surface area contributed by atoms with Gasteiger partial charge in [0.2, 0.25) is 11.8 Å².